The number of carbonyl (C=O) groups excluding carboxylic acids is 3. The molecule has 6 rings (SSSR count). The Hall–Kier alpha value is -3.86. The van der Waals surface area contributed by atoms with Crippen LogP contribution in [0.3, 0.4) is 0 Å². The van der Waals surface area contributed by atoms with E-state index in [0.29, 0.717) is 36.9 Å². The van der Waals surface area contributed by atoms with Crippen LogP contribution in [-0.4, -0.2) is 40.4 Å². The number of primary amides is 1. The Bertz CT molecular complexity index is 1630. The SMILES string of the molecule is C[C@]12C[C@H](c3ccc(C(=O)Nc4ccc(C(N)=O)cc4)cc3)C3=C4CCC(=O)C=C4CCC3C1CC[C@]2(O)C(F)(F)C(F)(F)F. The number of halogens is 5. The number of hydrogen-bond acceptors (Lipinski definition) is 4. The number of fused-ring (bicyclic) bond motifs is 4. The van der Waals surface area contributed by atoms with E-state index in [2.05, 4.69) is 5.32 Å². The van der Waals surface area contributed by atoms with Gasteiger partial charge in [0.25, 0.3) is 5.91 Å². The summed E-state index contributed by atoms with van der Waals surface area (Å²) in [6.45, 7) is 1.37. The van der Waals surface area contributed by atoms with Crippen molar-refractivity contribution in [1.82, 2.24) is 0 Å². The fourth-order valence-corrected chi connectivity index (χ4v) is 8.50. The average Bonchev–Trinajstić information content (AvgIpc) is 3.27. The molecule has 0 heterocycles. The highest BCUT2D eigenvalue weighted by Gasteiger charge is 2.79. The van der Waals surface area contributed by atoms with Crippen LogP contribution in [0.5, 0.6) is 0 Å². The van der Waals surface area contributed by atoms with Gasteiger partial charge in [-0.05, 0) is 110 Å². The standard InChI is InChI=1S/C34H33F5N2O4/c1-31-17-26(18-2-4-20(5-3-18)30(44)41-22-9-6-19(7-10-22)29(40)43)28-24-13-11-23(42)16-21(24)8-12-25(28)27(31)14-15-32(31,45)33(35,36)34(37,38)39/h2-7,9-10,16,25-27,45H,8,11-15,17H2,1H3,(H2,40,43)(H,41,44)/t25?,26-,27?,31+,32-/m1/s1. The lowest BCUT2D eigenvalue weighted by molar-refractivity contribution is -0.362. The van der Waals surface area contributed by atoms with Gasteiger partial charge >= 0.3 is 12.1 Å². The quantitative estimate of drug-likeness (QED) is 0.314. The monoisotopic (exact) mass is 628 g/mol. The predicted octanol–water partition coefficient (Wildman–Crippen LogP) is 6.87. The lowest BCUT2D eigenvalue weighted by Gasteiger charge is -2.56. The molecule has 2 aromatic carbocycles. The highest BCUT2D eigenvalue weighted by Crippen LogP contribution is 2.70. The van der Waals surface area contributed by atoms with Crippen LogP contribution in [0.4, 0.5) is 27.6 Å². The Kier molecular flexibility index (Phi) is 7.34. The summed E-state index contributed by atoms with van der Waals surface area (Å²) in [4.78, 5) is 36.6. The summed E-state index contributed by atoms with van der Waals surface area (Å²) < 4.78 is 71.7. The zero-order valence-corrected chi connectivity index (χ0v) is 24.5. The number of carbonyl (C=O) groups is 3. The molecule has 45 heavy (non-hydrogen) atoms. The maximum Gasteiger partial charge on any atom is 0.456 e. The molecule has 4 N–H and O–H groups in total. The third-order valence-electron chi connectivity index (χ3n) is 10.8. The van der Waals surface area contributed by atoms with Gasteiger partial charge in [-0.3, -0.25) is 14.4 Å². The first-order valence-electron chi connectivity index (χ1n) is 15.0. The number of nitrogens with two attached hydrogens (primary N) is 1. The van der Waals surface area contributed by atoms with Gasteiger partial charge in [-0.25, -0.2) is 0 Å². The largest absolute Gasteiger partial charge is 0.456 e. The Morgan fingerprint density at radius 3 is 2.20 bits per heavy atom. The summed E-state index contributed by atoms with van der Waals surface area (Å²) >= 11 is 0. The summed E-state index contributed by atoms with van der Waals surface area (Å²) in [5.41, 5.74) is 4.63. The molecule has 238 valence electrons. The van der Waals surface area contributed by atoms with E-state index < -0.39 is 53.2 Å². The van der Waals surface area contributed by atoms with Crippen molar-refractivity contribution in [3.05, 3.63) is 88.0 Å². The summed E-state index contributed by atoms with van der Waals surface area (Å²) in [6, 6.07) is 12.5. The molecule has 0 spiro atoms. The second kappa shape index (κ2) is 10.6. The average molecular weight is 629 g/mol. The smallest absolute Gasteiger partial charge is 0.383 e. The van der Waals surface area contributed by atoms with Crippen LogP contribution in [0, 0.1) is 17.3 Å². The Labute approximate surface area is 256 Å². The molecule has 11 heteroatoms. The number of aliphatic hydroxyl groups is 1. The first kappa shape index (κ1) is 31.1. The van der Waals surface area contributed by atoms with E-state index in [9.17, 15) is 32.7 Å². The van der Waals surface area contributed by atoms with Gasteiger partial charge in [-0.2, -0.15) is 22.0 Å². The minimum absolute atomic E-state index is 0.00434. The van der Waals surface area contributed by atoms with Crippen LogP contribution >= 0.6 is 0 Å². The highest BCUT2D eigenvalue weighted by molar-refractivity contribution is 6.04. The Morgan fingerprint density at radius 1 is 0.933 bits per heavy atom. The number of amides is 2. The van der Waals surface area contributed by atoms with Crippen LogP contribution in [0.25, 0.3) is 0 Å². The lowest BCUT2D eigenvalue weighted by Crippen LogP contribution is -2.65. The Morgan fingerprint density at radius 2 is 1.58 bits per heavy atom. The molecule has 4 aliphatic rings. The topological polar surface area (TPSA) is 109 Å². The van der Waals surface area contributed by atoms with Crippen molar-refractivity contribution < 1.29 is 41.4 Å². The summed E-state index contributed by atoms with van der Waals surface area (Å²) in [5.74, 6) is -7.90. The maximum atomic E-state index is 15.2. The van der Waals surface area contributed by atoms with E-state index in [1.165, 1.54) is 31.2 Å². The number of anilines is 1. The van der Waals surface area contributed by atoms with Crippen molar-refractivity contribution in [3.63, 3.8) is 0 Å². The summed E-state index contributed by atoms with van der Waals surface area (Å²) in [7, 11) is 0. The first-order chi connectivity index (χ1) is 21.1. The molecular formula is C34H33F5N2O4. The van der Waals surface area contributed by atoms with Crippen LogP contribution in [0.15, 0.2) is 71.3 Å². The number of nitrogens with one attached hydrogen (secondary N) is 1. The molecule has 5 atom stereocenters. The lowest BCUT2D eigenvalue weighted by atomic mass is 9.50. The second-order valence-corrected chi connectivity index (χ2v) is 13.0. The molecule has 0 bridgehead atoms. The number of hydrogen-bond donors (Lipinski definition) is 3. The number of alkyl halides is 5. The third-order valence-corrected chi connectivity index (χ3v) is 10.8. The minimum Gasteiger partial charge on any atom is -0.383 e. The molecule has 0 radical (unpaired) electrons. The summed E-state index contributed by atoms with van der Waals surface area (Å²) in [6.07, 6.45) is -3.33. The van der Waals surface area contributed by atoms with E-state index in [-0.39, 0.29) is 35.7 Å². The number of ketones is 1. The van der Waals surface area contributed by atoms with Crippen molar-refractivity contribution in [1.29, 1.82) is 0 Å². The van der Waals surface area contributed by atoms with Crippen LogP contribution in [0.1, 0.15) is 84.1 Å². The van der Waals surface area contributed by atoms with Crippen LogP contribution in [-0.2, 0) is 4.79 Å². The van der Waals surface area contributed by atoms with Crippen LogP contribution in [0.2, 0.25) is 0 Å². The molecule has 0 saturated heterocycles. The van der Waals surface area contributed by atoms with Gasteiger partial charge in [0, 0.05) is 34.6 Å². The molecule has 2 unspecified atom stereocenters. The van der Waals surface area contributed by atoms with Crippen molar-refractivity contribution in [2.45, 2.75) is 75.5 Å². The van der Waals surface area contributed by atoms with E-state index in [0.717, 1.165) is 16.7 Å². The van der Waals surface area contributed by atoms with Gasteiger partial charge < -0.3 is 16.2 Å². The van der Waals surface area contributed by atoms with Gasteiger partial charge in [0.2, 0.25) is 5.91 Å². The predicted molar refractivity (Wildman–Crippen MR) is 156 cm³/mol. The minimum atomic E-state index is -5.92. The highest BCUT2D eigenvalue weighted by atomic mass is 19.4. The van der Waals surface area contributed by atoms with Crippen molar-refractivity contribution in [2.75, 3.05) is 5.32 Å². The normalized spacial score (nSPS) is 29.8. The molecule has 0 aromatic heterocycles. The molecule has 4 aliphatic carbocycles. The first-order valence-corrected chi connectivity index (χ1v) is 15.0. The van der Waals surface area contributed by atoms with Crippen molar-refractivity contribution in [2.24, 2.45) is 23.0 Å². The van der Waals surface area contributed by atoms with Gasteiger partial charge in [0.1, 0.15) is 5.60 Å². The van der Waals surface area contributed by atoms with E-state index in [4.69, 9.17) is 5.73 Å². The number of rotatable bonds is 5. The molecular weight excluding hydrogens is 595 g/mol. The number of allylic oxidation sites excluding steroid dienone is 4. The molecule has 2 saturated carbocycles. The maximum absolute atomic E-state index is 15.2. The zero-order chi connectivity index (χ0) is 32.5. The molecule has 2 aromatic rings. The van der Waals surface area contributed by atoms with E-state index in [1.807, 2.05) is 0 Å². The fraction of sp³-hybridized carbons (Fsp3) is 0.441. The Balaban J connectivity index is 1.38. The van der Waals surface area contributed by atoms with E-state index in [1.54, 1.807) is 30.3 Å². The summed E-state index contributed by atoms with van der Waals surface area (Å²) in [5, 5.41) is 14.1. The molecule has 2 fully saturated rings. The molecule has 6 nitrogen and oxygen atoms in total. The van der Waals surface area contributed by atoms with Gasteiger partial charge in [0.15, 0.2) is 5.78 Å². The third kappa shape index (κ3) is 4.81. The number of benzene rings is 2. The van der Waals surface area contributed by atoms with E-state index >= 15 is 8.78 Å². The van der Waals surface area contributed by atoms with Gasteiger partial charge in [-0.15, -0.1) is 0 Å². The van der Waals surface area contributed by atoms with Crippen molar-refractivity contribution in [3.8, 4) is 0 Å². The van der Waals surface area contributed by atoms with Gasteiger partial charge in [-0.1, -0.05) is 24.6 Å². The van der Waals surface area contributed by atoms with Crippen molar-refractivity contribution >= 4 is 23.3 Å². The van der Waals surface area contributed by atoms with Crippen LogP contribution < -0.4 is 11.1 Å². The molecule has 2 amide bonds. The second-order valence-electron chi connectivity index (χ2n) is 13.0. The zero-order valence-electron chi connectivity index (χ0n) is 24.5. The van der Waals surface area contributed by atoms with Gasteiger partial charge in [0.05, 0.1) is 0 Å². The fourth-order valence-electron chi connectivity index (χ4n) is 8.50. The molecule has 0 aliphatic heterocycles.